The molecule has 0 heterocycles. The van der Waals surface area contributed by atoms with E-state index < -0.39 is 10.0 Å². The number of methoxy groups -OCH3 is 1. The van der Waals surface area contributed by atoms with E-state index in [-0.39, 0.29) is 11.2 Å². The molecule has 0 saturated heterocycles. The van der Waals surface area contributed by atoms with Crippen LogP contribution >= 0.6 is 15.9 Å². The van der Waals surface area contributed by atoms with Crippen LogP contribution in [0.1, 0.15) is 26.7 Å². The van der Waals surface area contributed by atoms with Gasteiger partial charge < -0.3 is 4.74 Å². The van der Waals surface area contributed by atoms with Gasteiger partial charge in [-0.2, -0.15) is 0 Å². The van der Waals surface area contributed by atoms with Gasteiger partial charge in [-0.1, -0.05) is 29.8 Å². The molecule has 98 valence electrons. The van der Waals surface area contributed by atoms with Gasteiger partial charge in [0.2, 0.25) is 10.0 Å². The largest absolute Gasteiger partial charge is 0.385 e. The molecule has 0 fully saturated rings. The van der Waals surface area contributed by atoms with Crippen molar-refractivity contribution in [1.29, 1.82) is 0 Å². The number of rotatable bonds is 9. The third-order valence-corrected chi connectivity index (χ3v) is 4.11. The van der Waals surface area contributed by atoms with Gasteiger partial charge in [-0.15, -0.1) is 0 Å². The van der Waals surface area contributed by atoms with E-state index in [9.17, 15) is 8.42 Å². The number of hydrogen-bond donors (Lipinski definition) is 1. The summed E-state index contributed by atoms with van der Waals surface area (Å²) in [7, 11) is -1.58. The summed E-state index contributed by atoms with van der Waals surface area (Å²) in [4.78, 5) is 0. The van der Waals surface area contributed by atoms with E-state index in [1.807, 2.05) is 13.8 Å². The summed E-state index contributed by atoms with van der Waals surface area (Å²) in [6.45, 7) is 5.05. The fraction of sp³-hybridized carbons (Fsp3) is 1.00. The van der Waals surface area contributed by atoms with Crippen LogP contribution < -0.4 is 4.72 Å². The first kappa shape index (κ1) is 16.4. The average molecular weight is 316 g/mol. The van der Waals surface area contributed by atoms with Crippen molar-refractivity contribution < 1.29 is 13.2 Å². The summed E-state index contributed by atoms with van der Waals surface area (Å²) in [5.41, 5.74) is -0.0160. The molecule has 0 aromatic carbocycles. The van der Waals surface area contributed by atoms with Gasteiger partial charge in [0.1, 0.15) is 0 Å². The highest BCUT2D eigenvalue weighted by Gasteiger charge is 2.20. The van der Waals surface area contributed by atoms with Gasteiger partial charge in [0.25, 0.3) is 0 Å². The third kappa shape index (κ3) is 8.50. The number of hydrogen-bond acceptors (Lipinski definition) is 3. The lowest BCUT2D eigenvalue weighted by Crippen LogP contribution is -2.35. The van der Waals surface area contributed by atoms with Crippen LogP contribution in [0.2, 0.25) is 0 Å². The zero-order valence-corrected chi connectivity index (χ0v) is 12.7. The Morgan fingerprint density at radius 2 is 2.00 bits per heavy atom. The summed E-state index contributed by atoms with van der Waals surface area (Å²) < 4.78 is 30.6. The molecule has 0 aromatic rings. The molecule has 0 radical (unpaired) electrons. The number of nitrogens with one attached hydrogen (secondary N) is 1. The molecule has 0 aliphatic rings. The number of alkyl halides is 1. The molecule has 4 nitrogen and oxygen atoms in total. The normalized spacial score (nSPS) is 13.0. The van der Waals surface area contributed by atoms with E-state index in [2.05, 4.69) is 20.7 Å². The first-order valence-corrected chi connectivity index (χ1v) is 8.12. The fourth-order valence-electron chi connectivity index (χ4n) is 1.11. The maximum absolute atomic E-state index is 11.6. The predicted octanol–water partition coefficient (Wildman–Crippen LogP) is 1.75. The second kappa shape index (κ2) is 7.63. The molecule has 6 heteroatoms. The molecule has 0 aromatic heterocycles. The Bertz CT molecular complexity index is 278. The van der Waals surface area contributed by atoms with E-state index in [1.54, 1.807) is 7.11 Å². The monoisotopic (exact) mass is 315 g/mol. The lowest BCUT2D eigenvalue weighted by atomic mass is 9.91. The number of halogens is 1. The molecule has 0 spiro atoms. The molecule has 0 amide bonds. The summed E-state index contributed by atoms with van der Waals surface area (Å²) in [6, 6.07) is 0. The third-order valence-electron chi connectivity index (χ3n) is 2.30. The quantitative estimate of drug-likeness (QED) is 0.521. The highest BCUT2D eigenvalue weighted by molar-refractivity contribution is 9.09. The first-order valence-electron chi connectivity index (χ1n) is 5.35. The van der Waals surface area contributed by atoms with Crippen LogP contribution in [0.5, 0.6) is 0 Å². The second-order valence-electron chi connectivity index (χ2n) is 4.59. The van der Waals surface area contributed by atoms with Crippen molar-refractivity contribution in [2.24, 2.45) is 5.41 Å². The molecular weight excluding hydrogens is 294 g/mol. The minimum absolute atomic E-state index is 0.0160. The topological polar surface area (TPSA) is 55.4 Å². The summed E-state index contributed by atoms with van der Waals surface area (Å²) >= 11 is 3.36. The second-order valence-corrected chi connectivity index (χ2v) is 7.31. The molecule has 0 aliphatic carbocycles. The van der Waals surface area contributed by atoms with Crippen molar-refractivity contribution in [3.8, 4) is 0 Å². The first-order chi connectivity index (χ1) is 7.33. The fourth-order valence-corrected chi connectivity index (χ4v) is 3.44. The van der Waals surface area contributed by atoms with Gasteiger partial charge in [0.05, 0.1) is 5.75 Å². The van der Waals surface area contributed by atoms with Crippen molar-refractivity contribution >= 4 is 26.0 Å². The van der Waals surface area contributed by atoms with Crippen LogP contribution in [-0.2, 0) is 14.8 Å². The number of sulfonamides is 1. The van der Waals surface area contributed by atoms with E-state index in [0.717, 1.165) is 11.8 Å². The lowest BCUT2D eigenvalue weighted by Gasteiger charge is -2.23. The molecule has 1 N–H and O–H groups in total. The summed E-state index contributed by atoms with van der Waals surface area (Å²) in [5, 5.41) is 0.880. The molecule has 0 rings (SSSR count). The standard InChI is InChI=1S/C10H22BrNO3S/c1-10(2,5-6-11)9-12-16(13,14)8-4-7-15-3/h12H,4-9H2,1-3H3. The molecule has 0 unspecified atom stereocenters. The van der Waals surface area contributed by atoms with E-state index in [4.69, 9.17) is 4.74 Å². The Labute approximate surface area is 107 Å². The van der Waals surface area contributed by atoms with E-state index >= 15 is 0 Å². The van der Waals surface area contributed by atoms with Gasteiger partial charge in [-0.25, -0.2) is 13.1 Å². The van der Waals surface area contributed by atoms with Gasteiger partial charge in [-0.3, -0.25) is 0 Å². The van der Waals surface area contributed by atoms with Crippen molar-refractivity contribution in [3.05, 3.63) is 0 Å². The predicted molar refractivity (Wildman–Crippen MR) is 70.5 cm³/mol. The molecule has 16 heavy (non-hydrogen) atoms. The van der Waals surface area contributed by atoms with Gasteiger partial charge in [0, 0.05) is 25.6 Å². The Hall–Kier alpha value is 0.350. The Balaban J connectivity index is 3.98. The SMILES string of the molecule is COCCCS(=O)(=O)NCC(C)(C)CCBr. The number of ether oxygens (including phenoxy) is 1. The maximum Gasteiger partial charge on any atom is 0.211 e. The molecule has 0 aliphatic heterocycles. The van der Waals surface area contributed by atoms with Gasteiger partial charge in [-0.05, 0) is 18.3 Å². The van der Waals surface area contributed by atoms with E-state index in [0.29, 0.717) is 19.6 Å². The van der Waals surface area contributed by atoms with Crippen LogP contribution in [-0.4, -0.2) is 39.8 Å². The van der Waals surface area contributed by atoms with Crippen LogP contribution in [0.25, 0.3) is 0 Å². The lowest BCUT2D eigenvalue weighted by molar-refractivity contribution is 0.199. The summed E-state index contributed by atoms with van der Waals surface area (Å²) in [6.07, 6.45) is 1.47. The Morgan fingerprint density at radius 3 is 2.50 bits per heavy atom. The van der Waals surface area contributed by atoms with Crippen molar-refractivity contribution in [2.75, 3.05) is 31.3 Å². The van der Waals surface area contributed by atoms with Crippen LogP contribution in [0, 0.1) is 5.41 Å². The minimum atomic E-state index is -3.15. The molecule has 0 saturated carbocycles. The highest BCUT2D eigenvalue weighted by Crippen LogP contribution is 2.20. The van der Waals surface area contributed by atoms with Crippen molar-refractivity contribution in [2.45, 2.75) is 26.7 Å². The molecule has 0 atom stereocenters. The zero-order valence-electron chi connectivity index (χ0n) is 10.3. The van der Waals surface area contributed by atoms with Crippen LogP contribution in [0.15, 0.2) is 0 Å². The van der Waals surface area contributed by atoms with Crippen LogP contribution in [0.3, 0.4) is 0 Å². The average Bonchev–Trinajstić information content (AvgIpc) is 2.16. The highest BCUT2D eigenvalue weighted by atomic mass is 79.9. The molecule has 0 bridgehead atoms. The maximum atomic E-state index is 11.6. The summed E-state index contributed by atoms with van der Waals surface area (Å²) in [5.74, 6) is 0.130. The van der Waals surface area contributed by atoms with E-state index in [1.165, 1.54) is 0 Å². The smallest absolute Gasteiger partial charge is 0.211 e. The molecular formula is C10H22BrNO3S. The Morgan fingerprint density at radius 1 is 1.38 bits per heavy atom. The minimum Gasteiger partial charge on any atom is -0.385 e. The van der Waals surface area contributed by atoms with Crippen molar-refractivity contribution in [1.82, 2.24) is 4.72 Å². The van der Waals surface area contributed by atoms with Gasteiger partial charge >= 0.3 is 0 Å². The van der Waals surface area contributed by atoms with Crippen LogP contribution in [0.4, 0.5) is 0 Å². The zero-order chi connectivity index (χ0) is 12.7. The van der Waals surface area contributed by atoms with Gasteiger partial charge in [0.15, 0.2) is 0 Å². The Kier molecular flexibility index (Phi) is 7.80. The van der Waals surface area contributed by atoms with Crippen molar-refractivity contribution in [3.63, 3.8) is 0 Å².